The normalized spacial score (nSPS) is 12.6. The smallest absolute Gasteiger partial charge is 0.377 e. The Labute approximate surface area is 189 Å². The molecule has 0 aromatic heterocycles. The Bertz CT molecular complexity index is 331. The minimum atomic E-state index is -2.52. The van der Waals surface area contributed by atoms with E-state index in [4.69, 9.17) is 13.3 Å². The van der Waals surface area contributed by atoms with Crippen LogP contribution in [0.1, 0.15) is 66.2 Å². The Morgan fingerprint density at radius 1 is 0.467 bits per heavy atom. The van der Waals surface area contributed by atoms with Gasteiger partial charge in [-0.3, -0.25) is 0 Å². The van der Waals surface area contributed by atoms with Crippen LogP contribution < -0.4 is 0 Å². The first kappa shape index (κ1) is 30.0. The van der Waals surface area contributed by atoms with Crippen LogP contribution >= 0.6 is 0 Å². The molecule has 0 N–H and O–H groups in total. The molecule has 0 unspecified atom stereocenters. The second kappa shape index (κ2) is 19.6. The average Bonchev–Trinajstić information content (AvgIpc) is 2.75. The van der Waals surface area contributed by atoms with Crippen molar-refractivity contribution in [2.75, 3.05) is 80.2 Å². The molecule has 0 aliphatic heterocycles. The van der Waals surface area contributed by atoms with Crippen molar-refractivity contribution in [2.45, 2.75) is 72.3 Å². The predicted molar refractivity (Wildman–Crippen MR) is 131 cm³/mol. The molecule has 182 valence electrons. The van der Waals surface area contributed by atoms with Crippen LogP contribution in [0.15, 0.2) is 0 Å². The molecule has 0 aromatic carbocycles. The van der Waals surface area contributed by atoms with Gasteiger partial charge in [0.15, 0.2) is 0 Å². The number of nitrogens with zero attached hydrogens (tertiary/aromatic N) is 3. The Morgan fingerprint density at radius 2 is 0.767 bits per heavy atom. The van der Waals surface area contributed by atoms with Crippen LogP contribution in [0.2, 0.25) is 6.04 Å². The summed E-state index contributed by atoms with van der Waals surface area (Å²) in [7, 11) is 2.62. The molecule has 0 atom stereocenters. The zero-order valence-electron chi connectivity index (χ0n) is 21.4. The van der Waals surface area contributed by atoms with Gasteiger partial charge in [-0.05, 0) is 90.9 Å². The van der Waals surface area contributed by atoms with Gasteiger partial charge in [-0.2, -0.15) is 0 Å². The molecule has 0 saturated carbocycles. The van der Waals surface area contributed by atoms with Gasteiger partial charge >= 0.3 is 8.80 Å². The van der Waals surface area contributed by atoms with Crippen molar-refractivity contribution in [1.29, 1.82) is 0 Å². The molecule has 0 aliphatic rings. The number of hydrogen-bond acceptors (Lipinski definition) is 6. The molecule has 0 radical (unpaired) electrons. The topological polar surface area (TPSA) is 37.4 Å². The molecule has 0 saturated heterocycles. The summed E-state index contributed by atoms with van der Waals surface area (Å²) in [4.78, 5) is 7.83. The maximum Gasteiger partial charge on any atom is 0.501 e. The third-order valence-corrected chi connectivity index (χ3v) is 8.43. The van der Waals surface area contributed by atoms with Crippen LogP contribution in [0.25, 0.3) is 0 Å². The molecule has 0 rings (SSSR count). The first-order chi connectivity index (χ1) is 14.5. The summed E-state index contributed by atoms with van der Waals surface area (Å²) in [5.74, 6) is 0. The average molecular weight is 448 g/mol. The van der Waals surface area contributed by atoms with E-state index in [1.165, 1.54) is 77.8 Å². The largest absolute Gasteiger partial charge is 0.501 e. The van der Waals surface area contributed by atoms with E-state index < -0.39 is 8.80 Å². The maximum atomic E-state index is 5.65. The van der Waals surface area contributed by atoms with E-state index in [1.807, 2.05) is 0 Å². The molecule has 6 nitrogen and oxygen atoms in total. The highest BCUT2D eigenvalue weighted by molar-refractivity contribution is 6.60. The highest BCUT2D eigenvalue weighted by Gasteiger charge is 2.37. The SMILES string of the molecule is CCCN(CCC)CCCN(CCCN(CCC)CCC)CC[Si](OC)(OC)OC. The fourth-order valence-electron chi connectivity index (χ4n) is 4.16. The van der Waals surface area contributed by atoms with Crippen molar-refractivity contribution in [3.8, 4) is 0 Å². The summed E-state index contributed by atoms with van der Waals surface area (Å²) in [6, 6.07) is 0.845. The van der Waals surface area contributed by atoms with Gasteiger partial charge in [-0.15, -0.1) is 0 Å². The van der Waals surface area contributed by atoms with Gasteiger partial charge < -0.3 is 28.0 Å². The van der Waals surface area contributed by atoms with Crippen LogP contribution in [0, 0.1) is 0 Å². The Hall–Kier alpha value is -0.0231. The van der Waals surface area contributed by atoms with Gasteiger partial charge in [-0.1, -0.05) is 27.7 Å². The fourth-order valence-corrected chi connectivity index (χ4v) is 5.86. The Morgan fingerprint density at radius 3 is 1.03 bits per heavy atom. The van der Waals surface area contributed by atoms with E-state index in [9.17, 15) is 0 Å². The molecule has 0 aliphatic carbocycles. The van der Waals surface area contributed by atoms with Crippen LogP contribution in [-0.4, -0.2) is 104 Å². The number of hydrogen-bond donors (Lipinski definition) is 0. The van der Waals surface area contributed by atoms with Gasteiger partial charge in [0.1, 0.15) is 0 Å². The van der Waals surface area contributed by atoms with Gasteiger partial charge in [0, 0.05) is 33.9 Å². The fraction of sp³-hybridized carbons (Fsp3) is 1.00. The van der Waals surface area contributed by atoms with Crippen molar-refractivity contribution in [1.82, 2.24) is 14.7 Å². The van der Waals surface area contributed by atoms with Gasteiger partial charge in [0.25, 0.3) is 0 Å². The second-order valence-electron chi connectivity index (χ2n) is 8.28. The van der Waals surface area contributed by atoms with Gasteiger partial charge in [-0.25, -0.2) is 0 Å². The summed E-state index contributed by atoms with van der Waals surface area (Å²) < 4.78 is 17.0. The van der Waals surface area contributed by atoms with Crippen molar-refractivity contribution >= 4 is 8.80 Å². The van der Waals surface area contributed by atoms with E-state index in [2.05, 4.69) is 42.4 Å². The third kappa shape index (κ3) is 13.4. The molecule has 0 heterocycles. The Kier molecular flexibility index (Phi) is 19.6. The van der Waals surface area contributed by atoms with Gasteiger partial charge in [0.2, 0.25) is 0 Å². The molecule has 0 fully saturated rings. The quantitative estimate of drug-likeness (QED) is 0.232. The van der Waals surface area contributed by atoms with Crippen molar-refractivity contribution in [3.63, 3.8) is 0 Å². The predicted octanol–water partition coefficient (Wildman–Crippen LogP) is 4.19. The van der Waals surface area contributed by atoms with Crippen LogP contribution in [0.5, 0.6) is 0 Å². The lowest BCUT2D eigenvalue weighted by atomic mass is 10.2. The van der Waals surface area contributed by atoms with Crippen LogP contribution in [-0.2, 0) is 13.3 Å². The summed E-state index contributed by atoms with van der Waals surface area (Å²) in [5.41, 5.74) is 0. The molecule has 0 bridgehead atoms. The first-order valence-electron chi connectivity index (χ1n) is 12.4. The van der Waals surface area contributed by atoms with Crippen LogP contribution in [0.3, 0.4) is 0 Å². The highest BCUT2D eigenvalue weighted by Crippen LogP contribution is 2.14. The zero-order chi connectivity index (χ0) is 22.7. The lowest BCUT2D eigenvalue weighted by Crippen LogP contribution is -2.46. The second-order valence-corrected chi connectivity index (χ2v) is 11.4. The molecule has 7 heteroatoms. The minimum Gasteiger partial charge on any atom is -0.377 e. The van der Waals surface area contributed by atoms with E-state index in [-0.39, 0.29) is 0 Å². The van der Waals surface area contributed by atoms with E-state index >= 15 is 0 Å². The maximum absolute atomic E-state index is 5.65. The molecule has 0 amide bonds. The molecule has 0 spiro atoms. The molecule has 30 heavy (non-hydrogen) atoms. The van der Waals surface area contributed by atoms with E-state index in [0.29, 0.717) is 0 Å². The molecular formula is C23H53N3O3Si. The standard InChI is InChI=1S/C23H53N3O3Si/c1-8-14-24(15-9-2)18-12-20-26(22-23-30(27-5,28-6)29-7)21-13-19-25(16-10-3)17-11-4/h8-23H2,1-7H3. The summed E-state index contributed by atoms with van der Waals surface area (Å²) in [6.45, 7) is 19.6. The monoisotopic (exact) mass is 447 g/mol. The zero-order valence-corrected chi connectivity index (χ0v) is 22.4. The van der Waals surface area contributed by atoms with E-state index in [1.54, 1.807) is 21.3 Å². The first-order valence-corrected chi connectivity index (χ1v) is 14.3. The number of rotatable bonds is 22. The third-order valence-electron chi connectivity index (χ3n) is 5.72. The lowest BCUT2D eigenvalue weighted by Gasteiger charge is -2.30. The van der Waals surface area contributed by atoms with Crippen molar-refractivity contribution < 1.29 is 13.3 Å². The van der Waals surface area contributed by atoms with Gasteiger partial charge in [0.05, 0.1) is 0 Å². The van der Waals surface area contributed by atoms with Crippen molar-refractivity contribution in [2.24, 2.45) is 0 Å². The Balaban J connectivity index is 4.73. The van der Waals surface area contributed by atoms with Crippen molar-refractivity contribution in [3.05, 3.63) is 0 Å². The minimum absolute atomic E-state index is 0.845. The summed E-state index contributed by atoms with van der Waals surface area (Å²) in [6.07, 6.45) is 7.37. The summed E-state index contributed by atoms with van der Waals surface area (Å²) >= 11 is 0. The molecular weight excluding hydrogens is 394 g/mol. The highest BCUT2D eigenvalue weighted by atomic mass is 28.4. The summed E-state index contributed by atoms with van der Waals surface area (Å²) in [5, 5.41) is 0. The molecule has 0 aromatic rings. The van der Waals surface area contributed by atoms with Crippen LogP contribution in [0.4, 0.5) is 0 Å². The lowest BCUT2D eigenvalue weighted by molar-refractivity contribution is 0.117. The van der Waals surface area contributed by atoms with E-state index in [0.717, 1.165) is 25.7 Å².